The smallest absolute Gasteiger partial charge is 0.336 e. The second-order valence-corrected chi connectivity index (χ2v) is 5.21. The number of ketones is 1. The Kier molecular flexibility index (Phi) is 4.04. The topological polar surface area (TPSA) is 54.4 Å². The van der Waals surface area contributed by atoms with Crippen LogP contribution in [0.2, 0.25) is 0 Å². The summed E-state index contributed by atoms with van der Waals surface area (Å²) in [5.41, 5.74) is 0.630. The molecular formula is C10H8Br2O3. The van der Waals surface area contributed by atoms with Gasteiger partial charge in [-0.2, -0.15) is 0 Å². The molecule has 0 bridgehead atoms. The van der Waals surface area contributed by atoms with E-state index in [1.165, 1.54) is 18.2 Å². The van der Waals surface area contributed by atoms with Gasteiger partial charge >= 0.3 is 5.97 Å². The minimum atomic E-state index is -1.02. The van der Waals surface area contributed by atoms with Crippen LogP contribution in [0, 0.1) is 0 Å². The van der Waals surface area contributed by atoms with Crippen molar-refractivity contribution in [1.82, 2.24) is 0 Å². The van der Waals surface area contributed by atoms with Crippen LogP contribution in [-0.2, 0) is 0 Å². The van der Waals surface area contributed by atoms with Crippen molar-refractivity contribution in [2.75, 3.05) is 0 Å². The summed E-state index contributed by atoms with van der Waals surface area (Å²) in [6, 6.07) is 4.44. The summed E-state index contributed by atoms with van der Waals surface area (Å²) in [6.45, 7) is 1.72. The van der Waals surface area contributed by atoms with Gasteiger partial charge in [0.15, 0.2) is 5.78 Å². The van der Waals surface area contributed by atoms with Crippen molar-refractivity contribution in [1.29, 1.82) is 0 Å². The zero-order chi connectivity index (χ0) is 11.6. The Labute approximate surface area is 104 Å². The average Bonchev–Trinajstić information content (AvgIpc) is 2.15. The lowest BCUT2D eigenvalue weighted by atomic mass is 10.1. The third-order valence-corrected chi connectivity index (χ3v) is 2.92. The highest BCUT2D eigenvalue weighted by Gasteiger charge is 2.15. The van der Waals surface area contributed by atoms with E-state index in [1.807, 2.05) is 0 Å². The number of halogens is 2. The molecule has 0 aromatic heterocycles. The molecule has 0 radical (unpaired) electrons. The summed E-state index contributed by atoms with van der Waals surface area (Å²) in [5, 5.41) is 8.78. The third kappa shape index (κ3) is 2.89. The quantitative estimate of drug-likeness (QED) is 0.682. The highest BCUT2D eigenvalue weighted by Crippen LogP contribution is 2.20. The van der Waals surface area contributed by atoms with Crippen LogP contribution in [-0.4, -0.2) is 21.7 Å². The molecule has 0 saturated carbocycles. The lowest BCUT2D eigenvalue weighted by Crippen LogP contribution is -2.10. The van der Waals surface area contributed by atoms with Crippen LogP contribution in [0.3, 0.4) is 0 Å². The Balaban J connectivity index is 3.12. The molecule has 0 fully saturated rings. The molecular weight excluding hydrogens is 328 g/mol. The molecule has 1 aromatic carbocycles. The largest absolute Gasteiger partial charge is 0.478 e. The Morgan fingerprint density at radius 3 is 2.40 bits per heavy atom. The van der Waals surface area contributed by atoms with Gasteiger partial charge in [-0.15, -0.1) is 0 Å². The van der Waals surface area contributed by atoms with Crippen LogP contribution >= 0.6 is 31.9 Å². The maximum Gasteiger partial charge on any atom is 0.336 e. The first-order valence-electron chi connectivity index (χ1n) is 4.14. The lowest BCUT2D eigenvalue weighted by Gasteiger charge is -2.05. The van der Waals surface area contributed by atoms with E-state index in [4.69, 9.17) is 5.11 Å². The van der Waals surface area contributed by atoms with E-state index in [1.54, 1.807) is 6.92 Å². The van der Waals surface area contributed by atoms with Gasteiger partial charge < -0.3 is 5.11 Å². The molecule has 1 unspecified atom stereocenters. The minimum Gasteiger partial charge on any atom is -0.478 e. The first kappa shape index (κ1) is 12.4. The van der Waals surface area contributed by atoms with Gasteiger partial charge in [0.25, 0.3) is 0 Å². The van der Waals surface area contributed by atoms with Crippen molar-refractivity contribution in [2.24, 2.45) is 0 Å². The standard InChI is InChI=1S/C10H8Br2O3/c1-5(11)9(13)6-2-3-7(10(14)15)8(12)4-6/h2-5H,1H3,(H,14,15). The Bertz CT molecular complexity index is 413. The van der Waals surface area contributed by atoms with Gasteiger partial charge in [-0.1, -0.05) is 22.0 Å². The van der Waals surface area contributed by atoms with E-state index in [-0.39, 0.29) is 16.2 Å². The van der Waals surface area contributed by atoms with Gasteiger partial charge in [-0.3, -0.25) is 4.79 Å². The van der Waals surface area contributed by atoms with Crippen molar-refractivity contribution in [3.05, 3.63) is 33.8 Å². The Hall–Kier alpha value is -0.680. The summed E-state index contributed by atoms with van der Waals surface area (Å²) in [6.07, 6.45) is 0. The van der Waals surface area contributed by atoms with Gasteiger partial charge in [0.05, 0.1) is 10.4 Å². The number of benzene rings is 1. The number of hydrogen-bond donors (Lipinski definition) is 1. The van der Waals surface area contributed by atoms with Crippen LogP contribution in [0.4, 0.5) is 0 Å². The van der Waals surface area contributed by atoms with Crippen molar-refractivity contribution in [3.8, 4) is 0 Å². The predicted molar refractivity (Wildman–Crippen MR) is 63.8 cm³/mol. The molecule has 0 spiro atoms. The number of carboxylic acids is 1. The number of Topliss-reactive ketones (excluding diaryl/α,β-unsaturated/α-hetero) is 1. The lowest BCUT2D eigenvalue weighted by molar-refractivity contribution is 0.0695. The second-order valence-electron chi connectivity index (χ2n) is 2.98. The van der Waals surface area contributed by atoms with E-state index in [0.717, 1.165) is 0 Å². The van der Waals surface area contributed by atoms with E-state index < -0.39 is 5.97 Å². The molecule has 15 heavy (non-hydrogen) atoms. The van der Waals surface area contributed by atoms with Crippen LogP contribution < -0.4 is 0 Å². The Morgan fingerprint density at radius 1 is 1.40 bits per heavy atom. The first-order valence-corrected chi connectivity index (χ1v) is 5.85. The number of rotatable bonds is 3. The third-order valence-electron chi connectivity index (χ3n) is 1.85. The number of alkyl halides is 1. The van der Waals surface area contributed by atoms with Crippen molar-refractivity contribution in [2.45, 2.75) is 11.8 Å². The van der Waals surface area contributed by atoms with Crippen molar-refractivity contribution >= 4 is 43.6 Å². The summed E-state index contributed by atoms with van der Waals surface area (Å²) >= 11 is 6.28. The number of carboxylic acid groups (broad SMARTS) is 1. The SMILES string of the molecule is CC(Br)C(=O)c1ccc(C(=O)O)c(Br)c1. The van der Waals surface area contributed by atoms with Gasteiger partial charge in [0, 0.05) is 10.0 Å². The number of aromatic carboxylic acids is 1. The van der Waals surface area contributed by atoms with Crippen LogP contribution in [0.1, 0.15) is 27.6 Å². The molecule has 0 aliphatic heterocycles. The molecule has 1 atom stereocenters. The molecule has 80 valence electrons. The number of carbonyl (C=O) groups is 2. The van der Waals surface area contributed by atoms with Gasteiger partial charge in [-0.25, -0.2) is 4.79 Å². The fraction of sp³-hybridized carbons (Fsp3) is 0.200. The predicted octanol–water partition coefficient (Wildman–Crippen LogP) is 3.11. The first-order chi connectivity index (χ1) is 6.93. The summed E-state index contributed by atoms with van der Waals surface area (Å²) in [4.78, 5) is 22.0. The van der Waals surface area contributed by atoms with Gasteiger partial charge in [0.1, 0.15) is 0 Å². The summed E-state index contributed by atoms with van der Waals surface area (Å²) in [5.74, 6) is -1.10. The summed E-state index contributed by atoms with van der Waals surface area (Å²) < 4.78 is 0.411. The molecule has 0 aliphatic carbocycles. The monoisotopic (exact) mass is 334 g/mol. The molecule has 0 aliphatic rings. The van der Waals surface area contributed by atoms with Crippen molar-refractivity contribution < 1.29 is 14.7 Å². The molecule has 1 rings (SSSR count). The van der Waals surface area contributed by atoms with E-state index in [2.05, 4.69) is 31.9 Å². The highest BCUT2D eigenvalue weighted by atomic mass is 79.9. The van der Waals surface area contributed by atoms with Crippen LogP contribution in [0.25, 0.3) is 0 Å². The molecule has 1 N–H and O–H groups in total. The molecule has 1 aromatic rings. The maximum atomic E-state index is 11.6. The Morgan fingerprint density at radius 2 is 2.00 bits per heavy atom. The normalized spacial score (nSPS) is 12.2. The number of hydrogen-bond acceptors (Lipinski definition) is 2. The van der Waals surface area contributed by atoms with Crippen LogP contribution in [0.5, 0.6) is 0 Å². The zero-order valence-electron chi connectivity index (χ0n) is 7.83. The van der Waals surface area contributed by atoms with E-state index in [0.29, 0.717) is 10.0 Å². The minimum absolute atomic E-state index is 0.0763. The van der Waals surface area contributed by atoms with E-state index in [9.17, 15) is 9.59 Å². The van der Waals surface area contributed by atoms with E-state index >= 15 is 0 Å². The molecule has 0 amide bonds. The van der Waals surface area contributed by atoms with Crippen molar-refractivity contribution in [3.63, 3.8) is 0 Å². The van der Waals surface area contributed by atoms with Crippen LogP contribution in [0.15, 0.2) is 22.7 Å². The van der Waals surface area contributed by atoms with Gasteiger partial charge in [0.2, 0.25) is 0 Å². The number of carbonyl (C=O) groups excluding carboxylic acids is 1. The fourth-order valence-electron chi connectivity index (χ4n) is 1.07. The highest BCUT2D eigenvalue weighted by molar-refractivity contribution is 9.10. The maximum absolute atomic E-state index is 11.6. The summed E-state index contributed by atoms with van der Waals surface area (Å²) in [7, 11) is 0. The molecule has 5 heteroatoms. The van der Waals surface area contributed by atoms with Gasteiger partial charge in [-0.05, 0) is 35.0 Å². The molecule has 0 saturated heterocycles. The fourth-order valence-corrected chi connectivity index (χ4v) is 1.88. The second kappa shape index (κ2) is 4.90. The molecule has 0 heterocycles. The molecule has 3 nitrogen and oxygen atoms in total. The average molecular weight is 336 g/mol. The zero-order valence-corrected chi connectivity index (χ0v) is 11.0.